The molecule has 1 fully saturated rings. The fourth-order valence-corrected chi connectivity index (χ4v) is 3.18. The predicted molar refractivity (Wildman–Crippen MR) is 90.2 cm³/mol. The zero-order valence-electron chi connectivity index (χ0n) is 14.6. The lowest BCUT2D eigenvalue weighted by molar-refractivity contribution is 0.0745. The molecule has 2 aliphatic rings. The fraction of sp³-hybridized carbons (Fsp3) is 0.389. The van der Waals surface area contributed by atoms with Gasteiger partial charge in [0.15, 0.2) is 17.3 Å². The van der Waals surface area contributed by atoms with E-state index in [9.17, 15) is 14.0 Å². The number of halogens is 1. The third kappa shape index (κ3) is 2.81. The summed E-state index contributed by atoms with van der Waals surface area (Å²) >= 11 is 0. The van der Waals surface area contributed by atoms with Crippen LogP contribution in [0.2, 0.25) is 0 Å². The third-order valence-electron chi connectivity index (χ3n) is 4.78. The molecule has 4 rings (SSSR count). The summed E-state index contributed by atoms with van der Waals surface area (Å²) < 4.78 is 20.4. The Bertz CT molecular complexity index is 904. The van der Waals surface area contributed by atoms with E-state index in [4.69, 9.17) is 4.74 Å². The molecule has 1 aromatic carbocycles. The van der Waals surface area contributed by atoms with Crippen molar-refractivity contribution in [3.05, 3.63) is 46.5 Å². The number of carbonyl (C=O) groups is 2. The summed E-state index contributed by atoms with van der Waals surface area (Å²) in [6.45, 7) is 0.616. The monoisotopic (exact) mass is 358 g/mol. The van der Waals surface area contributed by atoms with Gasteiger partial charge in [-0.25, -0.2) is 4.39 Å². The van der Waals surface area contributed by atoms with Gasteiger partial charge >= 0.3 is 0 Å². The molecule has 1 aliphatic heterocycles. The van der Waals surface area contributed by atoms with E-state index in [0.29, 0.717) is 12.2 Å². The minimum absolute atomic E-state index is 0.0921. The molecular formula is C18H19FN4O3. The average molecular weight is 358 g/mol. The standard InChI is InChI=1S/C18H19FN4O3/c1-22-14-9-23(18(25)10-3-6-15(26-2)13(19)7-10)8-12(14)16(21-22)17(24)20-11-4-5-11/h3,6-7,11H,4-5,8-9H2,1-2H3,(H,20,24). The van der Waals surface area contributed by atoms with Gasteiger partial charge in [-0.05, 0) is 31.0 Å². The Kier molecular flexibility index (Phi) is 3.90. The number of aromatic nitrogens is 2. The highest BCUT2D eigenvalue weighted by Gasteiger charge is 2.34. The van der Waals surface area contributed by atoms with Gasteiger partial charge in [0.25, 0.3) is 11.8 Å². The van der Waals surface area contributed by atoms with E-state index in [-0.39, 0.29) is 35.7 Å². The summed E-state index contributed by atoms with van der Waals surface area (Å²) in [4.78, 5) is 26.7. The molecule has 26 heavy (non-hydrogen) atoms. The minimum Gasteiger partial charge on any atom is -0.494 e. The van der Waals surface area contributed by atoms with Crippen molar-refractivity contribution in [1.82, 2.24) is 20.0 Å². The first-order valence-corrected chi connectivity index (χ1v) is 8.46. The molecule has 0 bridgehead atoms. The summed E-state index contributed by atoms with van der Waals surface area (Å²) in [5.74, 6) is -0.985. The van der Waals surface area contributed by atoms with E-state index in [1.54, 1.807) is 16.6 Å². The SMILES string of the molecule is COc1ccc(C(=O)N2Cc3c(C(=O)NC4CC4)nn(C)c3C2)cc1F. The van der Waals surface area contributed by atoms with Crippen LogP contribution in [0.3, 0.4) is 0 Å². The Labute approximate surface area is 149 Å². The first kappa shape index (κ1) is 16.6. The number of hydrogen-bond acceptors (Lipinski definition) is 4. The molecule has 1 aromatic heterocycles. The van der Waals surface area contributed by atoms with Crippen LogP contribution in [-0.2, 0) is 20.1 Å². The van der Waals surface area contributed by atoms with Crippen LogP contribution in [0.1, 0.15) is 44.9 Å². The number of methoxy groups -OCH3 is 1. The summed E-state index contributed by atoms with van der Waals surface area (Å²) in [7, 11) is 3.13. The number of aryl methyl sites for hydroxylation is 1. The largest absolute Gasteiger partial charge is 0.494 e. The van der Waals surface area contributed by atoms with Gasteiger partial charge in [-0.1, -0.05) is 0 Å². The predicted octanol–water partition coefficient (Wildman–Crippen LogP) is 1.62. The highest BCUT2D eigenvalue weighted by molar-refractivity contribution is 5.97. The molecule has 0 radical (unpaired) electrons. The highest BCUT2D eigenvalue weighted by atomic mass is 19.1. The Morgan fingerprint density at radius 3 is 2.73 bits per heavy atom. The molecule has 2 heterocycles. The molecule has 2 amide bonds. The van der Waals surface area contributed by atoms with Crippen LogP contribution in [-0.4, -0.2) is 39.6 Å². The Balaban J connectivity index is 1.55. The van der Waals surface area contributed by atoms with Crippen molar-refractivity contribution in [1.29, 1.82) is 0 Å². The van der Waals surface area contributed by atoms with E-state index >= 15 is 0 Å². The molecule has 0 spiro atoms. The number of ether oxygens (including phenoxy) is 1. The lowest BCUT2D eigenvalue weighted by atomic mass is 10.2. The summed E-state index contributed by atoms with van der Waals surface area (Å²) in [6, 6.07) is 4.37. The summed E-state index contributed by atoms with van der Waals surface area (Å²) in [5.41, 5.74) is 2.19. The fourth-order valence-electron chi connectivity index (χ4n) is 3.18. The first-order chi connectivity index (χ1) is 12.5. The molecule has 7 nitrogen and oxygen atoms in total. The van der Waals surface area contributed by atoms with Gasteiger partial charge in [-0.3, -0.25) is 14.3 Å². The minimum atomic E-state index is -0.582. The van der Waals surface area contributed by atoms with Crippen molar-refractivity contribution in [3.63, 3.8) is 0 Å². The quantitative estimate of drug-likeness (QED) is 0.901. The molecular weight excluding hydrogens is 339 g/mol. The van der Waals surface area contributed by atoms with Crippen molar-refractivity contribution < 1.29 is 18.7 Å². The van der Waals surface area contributed by atoms with Gasteiger partial charge in [-0.15, -0.1) is 0 Å². The number of rotatable bonds is 4. The van der Waals surface area contributed by atoms with Crippen molar-refractivity contribution in [2.75, 3.05) is 7.11 Å². The maximum atomic E-state index is 13.9. The lowest BCUT2D eigenvalue weighted by Gasteiger charge is -2.16. The van der Waals surface area contributed by atoms with Crippen LogP contribution in [0.4, 0.5) is 4.39 Å². The maximum Gasteiger partial charge on any atom is 0.272 e. The first-order valence-electron chi connectivity index (χ1n) is 8.46. The molecule has 2 aromatic rings. The van der Waals surface area contributed by atoms with E-state index < -0.39 is 5.82 Å². The number of amides is 2. The van der Waals surface area contributed by atoms with Crippen molar-refractivity contribution in [3.8, 4) is 5.75 Å². The molecule has 1 saturated carbocycles. The second kappa shape index (κ2) is 6.12. The van der Waals surface area contributed by atoms with Crippen LogP contribution in [0.25, 0.3) is 0 Å². The molecule has 1 N–H and O–H groups in total. The Morgan fingerprint density at radius 2 is 2.08 bits per heavy atom. The number of carbonyl (C=O) groups excluding carboxylic acids is 2. The zero-order valence-corrected chi connectivity index (χ0v) is 14.6. The molecule has 1 aliphatic carbocycles. The van der Waals surface area contributed by atoms with Gasteiger partial charge in [0.1, 0.15) is 0 Å². The smallest absolute Gasteiger partial charge is 0.272 e. The van der Waals surface area contributed by atoms with Crippen molar-refractivity contribution >= 4 is 11.8 Å². The van der Waals surface area contributed by atoms with Gasteiger partial charge in [0.05, 0.1) is 25.9 Å². The van der Waals surface area contributed by atoms with Crippen molar-refractivity contribution in [2.45, 2.75) is 32.0 Å². The average Bonchev–Trinajstić information content (AvgIpc) is 3.23. The third-order valence-corrected chi connectivity index (χ3v) is 4.78. The lowest BCUT2D eigenvalue weighted by Crippen LogP contribution is -2.29. The molecule has 0 unspecified atom stereocenters. The number of nitrogens with zero attached hydrogens (tertiary/aromatic N) is 3. The van der Waals surface area contributed by atoms with Crippen molar-refractivity contribution in [2.24, 2.45) is 7.05 Å². The number of hydrogen-bond donors (Lipinski definition) is 1. The van der Waals surface area contributed by atoms with Crippen LogP contribution < -0.4 is 10.1 Å². The van der Waals surface area contributed by atoms with Crippen LogP contribution >= 0.6 is 0 Å². The molecule has 136 valence electrons. The Morgan fingerprint density at radius 1 is 1.31 bits per heavy atom. The van der Waals surface area contributed by atoms with E-state index in [1.807, 2.05) is 0 Å². The van der Waals surface area contributed by atoms with E-state index in [0.717, 1.165) is 24.1 Å². The van der Waals surface area contributed by atoms with Gasteiger partial charge in [0.2, 0.25) is 0 Å². The van der Waals surface area contributed by atoms with Crippen LogP contribution in [0.15, 0.2) is 18.2 Å². The zero-order chi connectivity index (χ0) is 18.4. The van der Waals surface area contributed by atoms with E-state index in [1.165, 1.54) is 25.3 Å². The summed E-state index contributed by atoms with van der Waals surface area (Å²) in [6.07, 6.45) is 1.99. The highest BCUT2D eigenvalue weighted by Crippen LogP contribution is 2.28. The normalized spacial score (nSPS) is 15.7. The second-order valence-corrected chi connectivity index (χ2v) is 6.66. The number of benzene rings is 1. The molecule has 0 saturated heterocycles. The van der Waals surface area contributed by atoms with Crippen LogP contribution in [0.5, 0.6) is 5.75 Å². The molecule has 8 heteroatoms. The van der Waals surface area contributed by atoms with Gasteiger partial charge in [-0.2, -0.15) is 5.10 Å². The molecule has 0 atom stereocenters. The maximum absolute atomic E-state index is 13.9. The van der Waals surface area contributed by atoms with Crippen LogP contribution in [0, 0.1) is 5.82 Å². The van der Waals surface area contributed by atoms with Gasteiger partial charge < -0.3 is 15.0 Å². The van der Waals surface area contributed by atoms with E-state index in [2.05, 4.69) is 10.4 Å². The second-order valence-electron chi connectivity index (χ2n) is 6.66. The number of nitrogens with one attached hydrogen (secondary N) is 1. The number of fused-ring (bicyclic) bond motifs is 1. The van der Waals surface area contributed by atoms with Gasteiger partial charge in [0, 0.05) is 24.2 Å². The Hall–Kier alpha value is -2.90. The summed E-state index contributed by atoms with van der Waals surface area (Å²) in [5, 5.41) is 7.23. The topological polar surface area (TPSA) is 76.5 Å².